The third-order valence-electron chi connectivity index (χ3n) is 2.04. The van der Waals surface area contributed by atoms with Crippen molar-refractivity contribution in [2.75, 3.05) is 12.4 Å². The van der Waals surface area contributed by atoms with Gasteiger partial charge in [0.2, 0.25) is 10.0 Å². The molecule has 0 bridgehead atoms. The maximum Gasteiger partial charge on any atom is 0.211 e. The first-order valence-corrected chi connectivity index (χ1v) is 7.70. The Morgan fingerprint density at radius 3 is 2.88 bits per heavy atom. The van der Waals surface area contributed by atoms with E-state index in [0.717, 1.165) is 4.88 Å². The van der Waals surface area contributed by atoms with Gasteiger partial charge >= 0.3 is 0 Å². The molecule has 6 heteroatoms. The smallest absolute Gasteiger partial charge is 0.211 e. The SMILES string of the molecule is CC(Cc1cccs1)NS(=O)(=O)CCCO. The Morgan fingerprint density at radius 2 is 2.31 bits per heavy atom. The molecule has 92 valence electrons. The van der Waals surface area contributed by atoms with Gasteiger partial charge in [0, 0.05) is 17.5 Å². The molecule has 0 aliphatic heterocycles. The van der Waals surface area contributed by atoms with E-state index in [2.05, 4.69) is 4.72 Å². The third-order valence-corrected chi connectivity index (χ3v) is 4.53. The monoisotopic (exact) mass is 263 g/mol. The summed E-state index contributed by atoms with van der Waals surface area (Å²) >= 11 is 1.62. The van der Waals surface area contributed by atoms with E-state index in [0.29, 0.717) is 6.42 Å². The van der Waals surface area contributed by atoms with Crippen LogP contribution in [0.1, 0.15) is 18.2 Å². The first-order chi connectivity index (χ1) is 7.53. The average molecular weight is 263 g/mol. The molecule has 0 spiro atoms. The third kappa shape index (κ3) is 5.07. The summed E-state index contributed by atoms with van der Waals surface area (Å²) in [6.07, 6.45) is 0.983. The fourth-order valence-corrected chi connectivity index (χ4v) is 3.55. The van der Waals surface area contributed by atoms with E-state index in [9.17, 15) is 8.42 Å². The van der Waals surface area contributed by atoms with Crippen LogP contribution in [0.5, 0.6) is 0 Å². The van der Waals surface area contributed by atoms with Crippen molar-refractivity contribution in [1.29, 1.82) is 0 Å². The van der Waals surface area contributed by atoms with Crippen molar-refractivity contribution in [2.24, 2.45) is 0 Å². The standard InChI is InChI=1S/C10H17NO3S2/c1-9(8-10-4-2-6-15-10)11-16(13,14)7-3-5-12/h2,4,6,9,11-12H,3,5,7-8H2,1H3. The van der Waals surface area contributed by atoms with Crippen molar-refractivity contribution < 1.29 is 13.5 Å². The molecule has 1 aromatic rings. The van der Waals surface area contributed by atoms with Gasteiger partial charge in [-0.15, -0.1) is 11.3 Å². The number of rotatable bonds is 7. The lowest BCUT2D eigenvalue weighted by molar-refractivity contribution is 0.295. The number of hydrogen-bond acceptors (Lipinski definition) is 4. The molecule has 0 radical (unpaired) electrons. The van der Waals surface area contributed by atoms with E-state index >= 15 is 0 Å². The van der Waals surface area contributed by atoms with Crippen LogP contribution in [-0.2, 0) is 16.4 Å². The highest BCUT2D eigenvalue weighted by Crippen LogP contribution is 2.11. The molecule has 4 nitrogen and oxygen atoms in total. The Balaban J connectivity index is 2.41. The minimum absolute atomic E-state index is 0.0156. The maximum atomic E-state index is 11.5. The summed E-state index contributed by atoms with van der Waals surface area (Å²) in [4.78, 5) is 1.16. The molecule has 1 aromatic heterocycles. The van der Waals surface area contributed by atoms with Gasteiger partial charge in [-0.25, -0.2) is 13.1 Å². The number of aliphatic hydroxyl groups excluding tert-OH is 1. The van der Waals surface area contributed by atoms with E-state index < -0.39 is 10.0 Å². The average Bonchev–Trinajstić information content (AvgIpc) is 2.66. The fraction of sp³-hybridized carbons (Fsp3) is 0.600. The molecule has 1 rings (SSSR count). The Labute approximate surface area is 100 Å². The zero-order chi connectivity index (χ0) is 12.0. The van der Waals surface area contributed by atoms with Crippen molar-refractivity contribution in [3.8, 4) is 0 Å². The van der Waals surface area contributed by atoms with Gasteiger partial charge in [0.25, 0.3) is 0 Å². The topological polar surface area (TPSA) is 66.4 Å². The molecule has 0 aliphatic rings. The summed E-state index contributed by atoms with van der Waals surface area (Å²) in [7, 11) is -3.25. The van der Waals surface area contributed by atoms with Crippen molar-refractivity contribution in [3.63, 3.8) is 0 Å². The molecule has 0 saturated carbocycles. The van der Waals surface area contributed by atoms with E-state index in [4.69, 9.17) is 5.11 Å². The predicted octanol–water partition coefficient (Wildman–Crippen LogP) is 0.981. The van der Waals surface area contributed by atoms with Crippen molar-refractivity contribution in [2.45, 2.75) is 25.8 Å². The highest BCUT2D eigenvalue weighted by atomic mass is 32.2. The second kappa shape index (κ2) is 6.34. The van der Waals surface area contributed by atoms with Crippen LogP contribution in [-0.4, -0.2) is 31.9 Å². The van der Waals surface area contributed by atoms with Crippen LogP contribution in [0.3, 0.4) is 0 Å². The molecule has 1 heterocycles. The van der Waals surface area contributed by atoms with Crippen LogP contribution in [0.2, 0.25) is 0 Å². The Kier molecular flexibility index (Phi) is 5.40. The van der Waals surface area contributed by atoms with Gasteiger partial charge in [-0.3, -0.25) is 0 Å². The molecular formula is C10H17NO3S2. The molecule has 2 N–H and O–H groups in total. The van der Waals surface area contributed by atoms with E-state index in [-0.39, 0.29) is 24.8 Å². The highest BCUT2D eigenvalue weighted by Gasteiger charge is 2.14. The second-order valence-electron chi connectivity index (χ2n) is 3.70. The van der Waals surface area contributed by atoms with Crippen LogP contribution in [0.4, 0.5) is 0 Å². The minimum Gasteiger partial charge on any atom is -0.396 e. The number of aliphatic hydroxyl groups is 1. The lowest BCUT2D eigenvalue weighted by Gasteiger charge is -2.12. The van der Waals surface area contributed by atoms with Crippen LogP contribution < -0.4 is 4.72 Å². The van der Waals surface area contributed by atoms with Crippen molar-refractivity contribution >= 4 is 21.4 Å². The van der Waals surface area contributed by atoms with Gasteiger partial charge < -0.3 is 5.11 Å². The highest BCUT2D eigenvalue weighted by molar-refractivity contribution is 7.89. The summed E-state index contributed by atoms with van der Waals surface area (Å²) in [6, 6.07) is 3.83. The minimum atomic E-state index is -3.25. The molecule has 1 atom stereocenters. The Bertz CT molecular complexity index is 386. The zero-order valence-electron chi connectivity index (χ0n) is 9.22. The fourth-order valence-electron chi connectivity index (χ4n) is 1.39. The van der Waals surface area contributed by atoms with E-state index in [1.165, 1.54) is 0 Å². The normalized spacial score (nSPS) is 13.9. The summed E-state index contributed by atoms with van der Waals surface area (Å²) in [5.74, 6) is -0.0156. The molecule has 0 saturated heterocycles. The molecular weight excluding hydrogens is 246 g/mol. The lowest BCUT2D eigenvalue weighted by atomic mass is 10.2. The van der Waals surface area contributed by atoms with Crippen molar-refractivity contribution in [3.05, 3.63) is 22.4 Å². The Morgan fingerprint density at radius 1 is 1.56 bits per heavy atom. The summed E-state index contributed by atoms with van der Waals surface area (Å²) in [6.45, 7) is 1.75. The summed E-state index contributed by atoms with van der Waals surface area (Å²) < 4.78 is 25.6. The Hall–Kier alpha value is -0.430. The zero-order valence-corrected chi connectivity index (χ0v) is 10.9. The first-order valence-electron chi connectivity index (χ1n) is 5.17. The van der Waals surface area contributed by atoms with Gasteiger partial charge in [0.05, 0.1) is 5.75 Å². The quantitative estimate of drug-likeness (QED) is 0.770. The molecule has 0 aliphatic carbocycles. The van der Waals surface area contributed by atoms with Gasteiger partial charge in [0.15, 0.2) is 0 Å². The van der Waals surface area contributed by atoms with E-state index in [1.54, 1.807) is 11.3 Å². The first kappa shape index (κ1) is 13.6. The van der Waals surface area contributed by atoms with Gasteiger partial charge in [-0.05, 0) is 31.2 Å². The molecule has 0 aromatic carbocycles. The van der Waals surface area contributed by atoms with E-state index in [1.807, 2.05) is 24.4 Å². The van der Waals surface area contributed by atoms with Gasteiger partial charge in [0.1, 0.15) is 0 Å². The maximum absolute atomic E-state index is 11.5. The number of hydrogen-bond donors (Lipinski definition) is 2. The van der Waals surface area contributed by atoms with Crippen LogP contribution in [0.25, 0.3) is 0 Å². The number of sulfonamides is 1. The molecule has 0 fully saturated rings. The summed E-state index contributed by atoms with van der Waals surface area (Å²) in [5.41, 5.74) is 0. The van der Waals surface area contributed by atoms with Gasteiger partial charge in [-0.2, -0.15) is 0 Å². The van der Waals surface area contributed by atoms with Crippen LogP contribution >= 0.6 is 11.3 Å². The molecule has 0 amide bonds. The lowest BCUT2D eigenvalue weighted by Crippen LogP contribution is -2.35. The predicted molar refractivity (Wildman–Crippen MR) is 66.1 cm³/mol. The molecule has 1 unspecified atom stereocenters. The van der Waals surface area contributed by atoms with Crippen LogP contribution in [0, 0.1) is 0 Å². The van der Waals surface area contributed by atoms with Crippen LogP contribution in [0.15, 0.2) is 17.5 Å². The molecule has 16 heavy (non-hydrogen) atoms. The number of nitrogens with one attached hydrogen (secondary N) is 1. The number of thiophene rings is 1. The second-order valence-corrected chi connectivity index (χ2v) is 6.60. The van der Waals surface area contributed by atoms with Gasteiger partial charge in [-0.1, -0.05) is 6.07 Å². The van der Waals surface area contributed by atoms with Crippen molar-refractivity contribution in [1.82, 2.24) is 4.72 Å². The summed E-state index contributed by atoms with van der Waals surface area (Å²) in [5, 5.41) is 10.6. The largest absolute Gasteiger partial charge is 0.396 e.